The van der Waals surface area contributed by atoms with Gasteiger partial charge in [0.2, 0.25) is 0 Å². The Morgan fingerprint density at radius 1 is 1.19 bits per heavy atom. The molecule has 1 aliphatic heterocycles. The summed E-state index contributed by atoms with van der Waals surface area (Å²) in [4.78, 5) is 0. The predicted molar refractivity (Wildman–Crippen MR) is 91.4 cm³/mol. The number of nitrogens with one attached hydrogen (secondary N) is 1. The minimum Gasteiger partial charge on any atom is -0.493 e. The number of rotatable bonds is 5. The van der Waals surface area contributed by atoms with E-state index in [2.05, 4.69) is 64.6 Å². The van der Waals surface area contributed by atoms with E-state index in [1.807, 2.05) is 0 Å². The number of anilines is 1. The molecule has 1 heterocycles. The van der Waals surface area contributed by atoms with Crippen LogP contribution in [0.3, 0.4) is 0 Å². The SMILES string of the molecule is CCc1cc(Br)ccc1NCCc1ccc2c(c1)CCO2. The van der Waals surface area contributed by atoms with Crippen LogP contribution in [0, 0.1) is 0 Å². The van der Waals surface area contributed by atoms with E-state index in [0.29, 0.717) is 0 Å². The standard InChI is InChI=1S/C18H20BrNO/c1-2-14-12-16(19)4-5-17(14)20-9-7-13-3-6-18-15(11-13)8-10-21-18/h3-6,11-12,20H,2,7-10H2,1H3. The molecule has 0 saturated carbocycles. The van der Waals surface area contributed by atoms with Gasteiger partial charge in [-0.25, -0.2) is 0 Å². The topological polar surface area (TPSA) is 21.3 Å². The largest absolute Gasteiger partial charge is 0.493 e. The molecule has 0 bridgehead atoms. The lowest BCUT2D eigenvalue weighted by Crippen LogP contribution is -2.07. The van der Waals surface area contributed by atoms with Crippen LogP contribution in [0.1, 0.15) is 23.6 Å². The molecule has 0 unspecified atom stereocenters. The molecule has 21 heavy (non-hydrogen) atoms. The van der Waals surface area contributed by atoms with E-state index in [9.17, 15) is 0 Å². The molecule has 0 fully saturated rings. The van der Waals surface area contributed by atoms with Gasteiger partial charge in [-0.3, -0.25) is 0 Å². The summed E-state index contributed by atoms with van der Waals surface area (Å²) in [5.74, 6) is 1.06. The van der Waals surface area contributed by atoms with Gasteiger partial charge in [0.25, 0.3) is 0 Å². The summed E-state index contributed by atoms with van der Waals surface area (Å²) >= 11 is 3.53. The summed E-state index contributed by atoms with van der Waals surface area (Å²) in [6.45, 7) is 3.97. The second-order valence-corrected chi connectivity index (χ2v) is 6.29. The first kappa shape index (κ1) is 14.5. The maximum absolute atomic E-state index is 5.55. The van der Waals surface area contributed by atoms with E-state index < -0.39 is 0 Å². The van der Waals surface area contributed by atoms with Crippen LogP contribution < -0.4 is 10.1 Å². The number of ether oxygens (including phenoxy) is 1. The van der Waals surface area contributed by atoms with Crippen LogP contribution in [0.5, 0.6) is 5.75 Å². The van der Waals surface area contributed by atoms with Gasteiger partial charge in [0, 0.05) is 23.1 Å². The molecular formula is C18H20BrNO. The Morgan fingerprint density at radius 2 is 2.10 bits per heavy atom. The molecule has 2 aromatic rings. The highest BCUT2D eigenvalue weighted by molar-refractivity contribution is 9.10. The van der Waals surface area contributed by atoms with Gasteiger partial charge >= 0.3 is 0 Å². The zero-order valence-electron chi connectivity index (χ0n) is 12.3. The maximum atomic E-state index is 5.55. The normalized spacial score (nSPS) is 12.9. The molecule has 0 saturated heterocycles. The van der Waals surface area contributed by atoms with Crippen molar-refractivity contribution in [3.05, 3.63) is 57.6 Å². The van der Waals surface area contributed by atoms with E-state index in [0.717, 1.165) is 42.6 Å². The van der Waals surface area contributed by atoms with Crippen molar-refractivity contribution in [3.8, 4) is 5.75 Å². The van der Waals surface area contributed by atoms with Crippen molar-refractivity contribution in [3.63, 3.8) is 0 Å². The Kier molecular flexibility index (Phi) is 4.49. The highest BCUT2D eigenvalue weighted by Gasteiger charge is 2.11. The zero-order valence-corrected chi connectivity index (χ0v) is 13.9. The summed E-state index contributed by atoms with van der Waals surface area (Å²) < 4.78 is 6.69. The fourth-order valence-electron chi connectivity index (χ4n) is 2.76. The smallest absolute Gasteiger partial charge is 0.122 e. The minimum absolute atomic E-state index is 0.829. The van der Waals surface area contributed by atoms with Crippen molar-refractivity contribution in [2.24, 2.45) is 0 Å². The first-order valence-electron chi connectivity index (χ1n) is 7.53. The molecule has 2 nitrogen and oxygen atoms in total. The fraction of sp³-hybridized carbons (Fsp3) is 0.333. The van der Waals surface area contributed by atoms with E-state index >= 15 is 0 Å². The minimum atomic E-state index is 0.829. The zero-order chi connectivity index (χ0) is 14.7. The number of halogens is 1. The molecule has 0 spiro atoms. The monoisotopic (exact) mass is 345 g/mol. The van der Waals surface area contributed by atoms with Gasteiger partial charge in [-0.05, 0) is 53.8 Å². The Labute approximate surface area is 134 Å². The second-order valence-electron chi connectivity index (χ2n) is 5.37. The molecule has 2 aromatic carbocycles. The van der Waals surface area contributed by atoms with Crippen LogP contribution in [0.15, 0.2) is 40.9 Å². The van der Waals surface area contributed by atoms with Gasteiger partial charge in [0.1, 0.15) is 5.75 Å². The second kappa shape index (κ2) is 6.52. The van der Waals surface area contributed by atoms with Crippen molar-refractivity contribution in [2.75, 3.05) is 18.5 Å². The average molecular weight is 346 g/mol. The maximum Gasteiger partial charge on any atom is 0.122 e. The van der Waals surface area contributed by atoms with Crippen molar-refractivity contribution < 1.29 is 4.74 Å². The summed E-state index contributed by atoms with van der Waals surface area (Å²) in [5, 5.41) is 3.56. The molecule has 3 heteroatoms. The highest BCUT2D eigenvalue weighted by atomic mass is 79.9. The third kappa shape index (κ3) is 3.41. The van der Waals surface area contributed by atoms with Gasteiger partial charge < -0.3 is 10.1 Å². The number of hydrogen-bond acceptors (Lipinski definition) is 2. The quantitative estimate of drug-likeness (QED) is 0.854. The third-order valence-electron chi connectivity index (χ3n) is 3.93. The number of aryl methyl sites for hydroxylation is 1. The molecule has 0 atom stereocenters. The van der Waals surface area contributed by atoms with Crippen LogP contribution in [0.25, 0.3) is 0 Å². The van der Waals surface area contributed by atoms with Crippen molar-refractivity contribution in [1.29, 1.82) is 0 Å². The predicted octanol–water partition coefficient (Wildman–Crippen LogP) is 4.60. The van der Waals surface area contributed by atoms with Crippen molar-refractivity contribution in [2.45, 2.75) is 26.2 Å². The Morgan fingerprint density at radius 3 is 2.95 bits per heavy atom. The molecule has 1 N–H and O–H groups in total. The van der Waals surface area contributed by atoms with Gasteiger partial charge in [-0.1, -0.05) is 35.0 Å². The summed E-state index contributed by atoms with van der Waals surface area (Å²) in [6, 6.07) is 13.0. The number of benzene rings is 2. The Hall–Kier alpha value is -1.48. The van der Waals surface area contributed by atoms with Crippen LogP contribution in [-0.2, 0) is 19.3 Å². The lowest BCUT2D eigenvalue weighted by molar-refractivity contribution is 0.357. The van der Waals surface area contributed by atoms with Crippen LogP contribution >= 0.6 is 15.9 Å². The van der Waals surface area contributed by atoms with E-state index in [-0.39, 0.29) is 0 Å². The molecule has 0 amide bonds. The van der Waals surface area contributed by atoms with Crippen LogP contribution in [0.2, 0.25) is 0 Å². The lowest BCUT2D eigenvalue weighted by atomic mass is 10.1. The van der Waals surface area contributed by atoms with E-state index in [1.165, 1.54) is 22.4 Å². The van der Waals surface area contributed by atoms with Crippen LogP contribution in [0.4, 0.5) is 5.69 Å². The summed E-state index contributed by atoms with van der Waals surface area (Å²) in [7, 11) is 0. The van der Waals surface area contributed by atoms with Crippen LogP contribution in [-0.4, -0.2) is 13.2 Å². The van der Waals surface area contributed by atoms with Gasteiger partial charge in [-0.2, -0.15) is 0 Å². The van der Waals surface area contributed by atoms with Gasteiger partial charge in [0.05, 0.1) is 6.61 Å². The van der Waals surface area contributed by atoms with Crippen molar-refractivity contribution >= 4 is 21.6 Å². The molecule has 110 valence electrons. The first-order chi connectivity index (χ1) is 10.3. The summed E-state index contributed by atoms with van der Waals surface area (Å²) in [5.41, 5.74) is 5.32. The highest BCUT2D eigenvalue weighted by Crippen LogP contribution is 2.26. The molecule has 3 rings (SSSR count). The molecular weight excluding hydrogens is 326 g/mol. The average Bonchev–Trinajstić information content (AvgIpc) is 2.96. The number of hydrogen-bond donors (Lipinski definition) is 1. The van der Waals surface area contributed by atoms with Gasteiger partial charge in [0.15, 0.2) is 0 Å². The fourth-order valence-corrected chi connectivity index (χ4v) is 3.17. The van der Waals surface area contributed by atoms with Gasteiger partial charge in [-0.15, -0.1) is 0 Å². The Balaban J connectivity index is 1.61. The molecule has 0 aromatic heterocycles. The summed E-state index contributed by atoms with van der Waals surface area (Å²) in [6.07, 6.45) is 3.12. The molecule has 1 aliphatic rings. The van der Waals surface area contributed by atoms with Crippen molar-refractivity contribution in [1.82, 2.24) is 0 Å². The Bertz CT molecular complexity index is 639. The first-order valence-corrected chi connectivity index (χ1v) is 8.32. The molecule has 0 aliphatic carbocycles. The van der Waals surface area contributed by atoms with E-state index in [4.69, 9.17) is 4.74 Å². The lowest BCUT2D eigenvalue weighted by Gasteiger charge is -2.12. The number of fused-ring (bicyclic) bond motifs is 1. The van der Waals surface area contributed by atoms with E-state index in [1.54, 1.807) is 0 Å². The molecule has 0 radical (unpaired) electrons. The third-order valence-corrected chi connectivity index (χ3v) is 4.42.